The summed E-state index contributed by atoms with van der Waals surface area (Å²) in [6, 6.07) is 0.684. The molecule has 1 N–H and O–H groups in total. The van der Waals surface area contributed by atoms with E-state index in [9.17, 15) is 9.90 Å². The molecule has 15 heavy (non-hydrogen) atoms. The van der Waals surface area contributed by atoms with Crippen LogP contribution in [0.2, 0.25) is 0 Å². The van der Waals surface area contributed by atoms with Crippen molar-refractivity contribution in [3.8, 4) is 0 Å². The van der Waals surface area contributed by atoms with Crippen LogP contribution in [0.5, 0.6) is 0 Å². The number of rotatable bonds is 2. The Morgan fingerprint density at radius 2 is 2.40 bits per heavy atom. The zero-order chi connectivity index (χ0) is 10.7. The van der Waals surface area contributed by atoms with Gasteiger partial charge in [-0.15, -0.1) is 0 Å². The Bertz CT molecular complexity index is 235. The molecule has 1 saturated carbocycles. The first-order valence-corrected chi connectivity index (χ1v) is 6.93. The summed E-state index contributed by atoms with van der Waals surface area (Å²) < 4.78 is 0. The lowest BCUT2D eigenvalue weighted by Crippen LogP contribution is -2.51. The SMILES string of the molecule is O=C1CCCC(N2CCSCC2CO)C1. The summed E-state index contributed by atoms with van der Waals surface area (Å²) in [5.74, 6) is 2.56. The molecule has 3 nitrogen and oxygen atoms in total. The van der Waals surface area contributed by atoms with Crippen LogP contribution in [0, 0.1) is 0 Å². The maximum absolute atomic E-state index is 11.4. The number of aliphatic hydroxyl groups excluding tert-OH is 1. The van der Waals surface area contributed by atoms with Gasteiger partial charge in [0, 0.05) is 43.0 Å². The zero-order valence-corrected chi connectivity index (χ0v) is 9.84. The smallest absolute Gasteiger partial charge is 0.134 e. The number of nitrogens with zero attached hydrogens (tertiary/aromatic N) is 1. The fourth-order valence-corrected chi connectivity index (χ4v) is 3.67. The van der Waals surface area contributed by atoms with E-state index in [2.05, 4.69) is 4.90 Å². The molecule has 0 radical (unpaired) electrons. The Morgan fingerprint density at radius 1 is 1.53 bits per heavy atom. The number of hydrogen-bond donors (Lipinski definition) is 1. The van der Waals surface area contributed by atoms with Crippen LogP contribution >= 0.6 is 11.8 Å². The van der Waals surface area contributed by atoms with Gasteiger partial charge in [-0.3, -0.25) is 9.69 Å². The normalized spacial score (nSPS) is 34.3. The summed E-state index contributed by atoms with van der Waals surface area (Å²) >= 11 is 1.91. The topological polar surface area (TPSA) is 40.5 Å². The highest BCUT2D eigenvalue weighted by Crippen LogP contribution is 2.26. The fourth-order valence-electron chi connectivity index (χ4n) is 2.59. The van der Waals surface area contributed by atoms with Crippen molar-refractivity contribution in [1.29, 1.82) is 0 Å². The third-order valence-electron chi connectivity index (χ3n) is 3.41. The molecule has 2 fully saturated rings. The largest absolute Gasteiger partial charge is 0.395 e. The number of Topliss-reactive ketones (excluding diaryl/α,β-unsaturated/α-hetero) is 1. The number of hydrogen-bond acceptors (Lipinski definition) is 4. The van der Waals surface area contributed by atoms with Gasteiger partial charge in [0.15, 0.2) is 0 Å². The number of thioether (sulfide) groups is 1. The fraction of sp³-hybridized carbons (Fsp3) is 0.909. The van der Waals surface area contributed by atoms with Crippen LogP contribution in [-0.4, -0.2) is 52.5 Å². The van der Waals surface area contributed by atoms with Gasteiger partial charge in [-0.2, -0.15) is 11.8 Å². The van der Waals surface area contributed by atoms with Crippen molar-refractivity contribution in [2.75, 3.05) is 24.7 Å². The van der Waals surface area contributed by atoms with E-state index in [-0.39, 0.29) is 12.6 Å². The maximum Gasteiger partial charge on any atom is 0.134 e. The molecule has 1 aliphatic heterocycles. The highest BCUT2D eigenvalue weighted by Gasteiger charge is 2.31. The van der Waals surface area contributed by atoms with Gasteiger partial charge in [-0.05, 0) is 12.8 Å². The van der Waals surface area contributed by atoms with E-state index in [1.807, 2.05) is 11.8 Å². The van der Waals surface area contributed by atoms with E-state index in [0.717, 1.165) is 37.3 Å². The van der Waals surface area contributed by atoms with Gasteiger partial charge >= 0.3 is 0 Å². The average Bonchev–Trinajstić information content (AvgIpc) is 2.29. The summed E-state index contributed by atoms with van der Waals surface area (Å²) in [4.78, 5) is 13.8. The Hall–Kier alpha value is -0.0600. The maximum atomic E-state index is 11.4. The minimum Gasteiger partial charge on any atom is -0.395 e. The Labute approximate surface area is 95.2 Å². The van der Waals surface area contributed by atoms with Gasteiger partial charge in [-0.1, -0.05) is 0 Å². The first-order valence-electron chi connectivity index (χ1n) is 5.77. The second kappa shape index (κ2) is 5.32. The summed E-state index contributed by atoms with van der Waals surface area (Å²) in [6.45, 7) is 1.27. The minimum atomic E-state index is 0.234. The first kappa shape index (κ1) is 11.4. The Morgan fingerprint density at radius 3 is 3.13 bits per heavy atom. The lowest BCUT2D eigenvalue weighted by Gasteiger charge is -2.41. The third kappa shape index (κ3) is 2.74. The highest BCUT2D eigenvalue weighted by molar-refractivity contribution is 7.99. The molecule has 4 heteroatoms. The molecule has 0 spiro atoms. The molecule has 2 rings (SSSR count). The molecule has 1 heterocycles. The molecule has 2 atom stereocenters. The monoisotopic (exact) mass is 229 g/mol. The van der Waals surface area contributed by atoms with Gasteiger partial charge in [0.2, 0.25) is 0 Å². The van der Waals surface area contributed by atoms with Crippen molar-refractivity contribution in [3.63, 3.8) is 0 Å². The van der Waals surface area contributed by atoms with E-state index < -0.39 is 0 Å². The van der Waals surface area contributed by atoms with E-state index in [4.69, 9.17) is 0 Å². The standard InChI is InChI=1S/C11H19NO2S/c13-7-10-8-15-5-4-12(10)9-2-1-3-11(14)6-9/h9-10,13H,1-8H2. The number of carbonyl (C=O) groups excluding carboxylic acids is 1. The second-order valence-electron chi connectivity index (χ2n) is 4.44. The Kier molecular flexibility index (Phi) is 4.05. The minimum absolute atomic E-state index is 0.234. The van der Waals surface area contributed by atoms with Gasteiger partial charge in [0.05, 0.1) is 6.61 Å². The molecule has 0 bridgehead atoms. The molecular formula is C11H19NO2S. The molecule has 86 valence electrons. The zero-order valence-electron chi connectivity index (χ0n) is 9.02. The number of ketones is 1. The van der Waals surface area contributed by atoms with Crippen molar-refractivity contribution in [2.24, 2.45) is 0 Å². The van der Waals surface area contributed by atoms with Crippen LogP contribution in [0.25, 0.3) is 0 Å². The van der Waals surface area contributed by atoms with Crippen molar-refractivity contribution < 1.29 is 9.90 Å². The second-order valence-corrected chi connectivity index (χ2v) is 5.59. The van der Waals surface area contributed by atoms with Crippen LogP contribution in [0.3, 0.4) is 0 Å². The highest BCUT2D eigenvalue weighted by atomic mass is 32.2. The molecular weight excluding hydrogens is 210 g/mol. The van der Waals surface area contributed by atoms with E-state index in [1.54, 1.807) is 0 Å². The summed E-state index contributed by atoms with van der Waals surface area (Å²) in [5, 5.41) is 9.32. The van der Waals surface area contributed by atoms with Crippen LogP contribution < -0.4 is 0 Å². The molecule has 2 aliphatic rings. The molecule has 0 aromatic carbocycles. The van der Waals surface area contributed by atoms with Gasteiger partial charge in [0.1, 0.15) is 5.78 Å². The van der Waals surface area contributed by atoms with Gasteiger partial charge in [0.25, 0.3) is 0 Å². The molecule has 0 amide bonds. The predicted octanol–water partition coefficient (Wildman–Crippen LogP) is 0.908. The van der Waals surface area contributed by atoms with E-state index in [0.29, 0.717) is 18.2 Å². The van der Waals surface area contributed by atoms with Crippen molar-refractivity contribution in [3.05, 3.63) is 0 Å². The molecule has 0 aromatic heterocycles. The predicted molar refractivity (Wildman–Crippen MR) is 62.2 cm³/mol. The van der Waals surface area contributed by atoms with E-state index >= 15 is 0 Å². The summed E-state index contributed by atoms with van der Waals surface area (Å²) in [5.41, 5.74) is 0. The number of aliphatic hydroxyl groups is 1. The third-order valence-corrected chi connectivity index (χ3v) is 4.50. The van der Waals surface area contributed by atoms with Crippen molar-refractivity contribution >= 4 is 17.5 Å². The average molecular weight is 229 g/mol. The van der Waals surface area contributed by atoms with Gasteiger partial charge in [-0.25, -0.2) is 0 Å². The lowest BCUT2D eigenvalue weighted by atomic mass is 9.92. The first-order chi connectivity index (χ1) is 7.31. The van der Waals surface area contributed by atoms with Crippen molar-refractivity contribution in [2.45, 2.75) is 37.8 Å². The lowest BCUT2D eigenvalue weighted by molar-refractivity contribution is -0.122. The molecule has 0 aromatic rings. The van der Waals surface area contributed by atoms with Gasteiger partial charge < -0.3 is 5.11 Å². The Balaban J connectivity index is 1.97. The van der Waals surface area contributed by atoms with Crippen LogP contribution in [0.4, 0.5) is 0 Å². The summed E-state index contributed by atoms with van der Waals surface area (Å²) in [7, 11) is 0. The number of carbonyl (C=O) groups is 1. The van der Waals surface area contributed by atoms with Crippen molar-refractivity contribution in [1.82, 2.24) is 4.90 Å². The molecule has 2 unspecified atom stereocenters. The van der Waals surface area contributed by atoms with Crippen LogP contribution in [0.1, 0.15) is 25.7 Å². The molecule has 1 saturated heterocycles. The molecule has 1 aliphatic carbocycles. The van der Waals surface area contributed by atoms with Crippen LogP contribution in [-0.2, 0) is 4.79 Å². The quantitative estimate of drug-likeness (QED) is 0.764. The summed E-state index contributed by atoms with van der Waals surface area (Å²) in [6.07, 6.45) is 3.64. The van der Waals surface area contributed by atoms with Crippen LogP contribution in [0.15, 0.2) is 0 Å². The van der Waals surface area contributed by atoms with E-state index in [1.165, 1.54) is 0 Å².